The molecular formula is C11H22N2O. The number of carbonyl (C=O) groups excluding carboxylic acids is 1. The normalized spacial score (nSPS) is 27.3. The van der Waals surface area contributed by atoms with Crippen LogP contribution in [0.15, 0.2) is 0 Å². The molecule has 0 aromatic carbocycles. The number of hydrogen-bond acceptors (Lipinski definition) is 2. The first-order valence-electron chi connectivity index (χ1n) is 5.75. The van der Waals surface area contributed by atoms with Gasteiger partial charge in [-0.2, -0.15) is 0 Å². The number of hydrogen-bond donors (Lipinski definition) is 2. The van der Waals surface area contributed by atoms with Gasteiger partial charge in [-0.05, 0) is 31.6 Å². The molecule has 0 radical (unpaired) electrons. The molecule has 14 heavy (non-hydrogen) atoms. The molecule has 1 fully saturated rings. The van der Waals surface area contributed by atoms with Gasteiger partial charge in [-0.3, -0.25) is 4.79 Å². The van der Waals surface area contributed by atoms with Gasteiger partial charge >= 0.3 is 0 Å². The minimum atomic E-state index is 0.213. The highest BCUT2D eigenvalue weighted by molar-refractivity contribution is 5.78. The summed E-state index contributed by atoms with van der Waals surface area (Å²) in [6.07, 6.45) is 5.83. The molecule has 3 heteroatoms. The van der Waals surface area contributed by atoms with E-state index in [4.69, 9.17) is 5.73 Å². The summed E-state index contributed by atoms with van der Waals surface area (Å²) in [6, 6.07) is 0. The van der Waals surface area contributed by atoms with Gasteiger partial charge in [0.05, 0.1) is 0 Å². The summed E-state index contributed by atoms with van der Waals surface area (Å²) >= 11 is 0. The van der Waals surface area contributed by atoms with Gasteiger partial charge in [0.25, 0.3) is 0 Å². The zero-order chi connectivity index (χ0) is 10.4. The van der Waals surface area contributed by atoms with Gasteiger partial charge in [0, 0.05) is 19.0 Å². The molecule has 3 N–H and O–H groups in total. The van der Waals surface area contributed by atoms with Gasteiger partial charge in [0.2, 0.25) is 5.91 Å². The van der Waals surface area contributed by atoms with Crippen LogP contribution in [0.4, 0.5) is 0 Å². The summed E-state index contributed by atoms with van der Waals surface area (Å²) < 4.78 is 0. The molecule has 0 aromatic rings. The van der Waals surface area contributed by atoms with Crippen molar-refractivity contribution in [3.63, 3.8) is 0 Å². The van der Waals surface area contributed by atoms with Gasteiger partial charge in [0.1, 0.15) is 0 Å². The van der Waals surface area contributed by atoms with Gasteiger partial charge in [-0.15, -0.1) is 0 Å². The quantitative estimate of drug-likeness (QED) is 0.715. The third-order valence-corrected chi connectivity index (χ3v) is 3.24. The molecule has 0 aromatic heterocycles. The van der Waals surface area contributed by atoms with Crippen molar-refractivity contribution in [3.05, 3.63) is 0 Å². The van der Waals surface area contributed by atoms with Crippen molar-refractivity contribution in [3.8, 4) is 0 Å². The van der Waals surface area contributed by atoms with Crippen LogP contribution in [0, 0.1) is 11.8 Å². The van der Waals surface area contributed by atoms with Crippen LogP contribution in [-0.4, -0.2) is 19.0 Å². The average Bonchev–Trinajstić information content (AvgIpc) is 2.26. The van der Waals surface area contributed by atoms with E-state index < -0.39 is 0 Å². The Morgan fingerprint density at radius 1 is 1.36 bits per heavy atom. The number of nitrogens with two attached hydrogens (primary N) is 1. The minimum absolute atomic E-state index is 0.213. The molecule has 3 nitrogen and oxygen atoms in total. The summed E-state index contributed by atoms with van der Waals surface area (Å²) in [6.45, 7) is 3.39. The third-order valence-electron chi connectivity index (χ3n) is 3.24. The molecule has 0 atom stereocenters. The predicted octanol–water partition coefficient (Wildman–Crippen LogP) is 1.28. The van der Waals surface area contributed by atoms with E-state index in [1.54, 1.807) is 0 Å². The van der Waals surface area contributed by atoms with Crippen LogP contribution >= 0.6 is 0 Å². The van der Waals surface area contributed by atoms with Crippen molar-refractivity contribution in [2.45, 2.75) is 39.0 Å². The largest absolute Gasteiger partial charge is 0.355 e. The number of rotatable bonds is 4. The van der Waals surface area contributed by atoms with E-state index in [0.717, 1.165) is 18.8 Å². The smallest absolute Gasteiger partial charge is 0.223 e. The lowest BCUT2D eigenvalue weighted by Gasteiger charge is -2.26. The van der Waals surface area contributed by atoms with Crippen molar-refractivity contribution in [1.29, 1.82) is 0 Å². The summed E-state index contributed by atoms with van der Waals surface area (Å²) in [5.41, 5.74) is 5.34. The van der Waals surface area contributed by atoms with Crippen LogP contribution < -0.4 is 11.1 Å². The van der Waals surface area contributed by atoms with Crippen LogP contribution in [0.3, 0.4) is 0 Å². The van der Waals surface area contributed by atoms with Gasteiger partial charge in [0.15, 0.2) is 0 Å². The summed E-state index contributed by atoms with van der Waals surface area (Å²) in [7, 11) is 0. The van der Waals surface area contributed by atoms with Gasteiger partial charge in [-0.1, -0.05) is 13.3 Å². The molecule has 0 saturated heterocycles. The van der Waals surface area contributed by atoms with Crippen LogP contribution in [0.25, 0.3) is 0 Å². The van der Waals surface area contributed by atoms with E-state index in [2.05, 4.69) is 12.2 Å². The first-order chi connectivity index (χ1) is 6.77. The van der Waals surface area contributed by atoms with Crippen LogP contribution in [0.5, 0.6) is 0 Å². The number of nitrogens with one attached hydrogen (secondary N) is 1. The number of amides is 1. The molecule has 0 aliphatic heterocycles. The molecule has 0 spiro atoms. The maximum absolute atomic E-state index is 11.6. The van der Waals surface area contributed by atoms with Gasteiger partial charge < -0.3 is 11.1 Å². The van der Waals surface area contributed by atoms with Gasteiger partial charge in [-0.25, -0.2) is 0 Å². The molecule has 0 heterocycles. The van der Waals surface area contributed by atoms with E-state index in [9.17, 15) is 4.79 Å². The summed E-state index contributed by atoms with van der Waals surface area (Å²) in [4.78, 5) is 11.6. The minimum Gasteiger partial charge on any atom is -0.355 e. The zero-order valence-corrected chi connectivity index (χ0v) is 9.09. The van der Waals surface area contributed by atoms with E-state index in [-0.39, 0.29) is 11.8 Å². The highest BCUT2D eigenvalue weighted by Gasteiger charge is 2.24. The fourth-order valence-corrected chi connectivity index (χ4v) is 2.17. The summed E-state index contributed by atoms with van der Waals surface area (Å²) in [5, 5.41) is 2.87. The van der Waals surface area contributed by atoms with Crippen molar-refractivity contribution in [1.82, 2.24) is 5.32 Å². The van der Waals surface area contributed by atoms with Crippen LogP contribution in [0.1, 0.15) is 39.0 Å². The molecular weight excluding hydrogens is 176 g/mol. The Balaban J connectivity index is 2.23. The van der Waals surface area contributed by atoms with Crippen molar-refractivity contribution < 1.29 is 4.79 Å². The predicted molar refractivity (Wildman–Crippen MR) is 57.8 cm³/mol. The molecule has 0 unspecified atom stereocenters. The van der Waals surface area contributed by atoms with Crippen molar-refractivity contribution in [2.75, 3.05) is 13.1 Å². The lowest BCUT2D eigenvalue weighted by Crippen LogP contribution is -2.36. The maximum atomic E-state index is 11.6. The Kier molecular flexibility index (Phi) is 4.94. The Bertz CT molecular complexity index is 174. The molecule has 82 valence electrons. The monoisotopic (exact) mass is 198 g/mol. The second-order valence-corrected chi connectivity index (χ2v) is 4.21. The highest BCUT2D eigenvalue weighted by Crippen LogP contribution is 2.30. The fraction of sp³-hybridized carbons (Fsp3) is 0.909. The second kappa shape index (κ2) is 6.02. The van der Waals surface area contributed by atoms with Crippen LogP contribution in [-0.2, 0) is 4.79 Å². The van der Waals surface area contributed by atoms with Crippen molar-refractivity contribution in [2.24, 2.45) is 17.6 Å². The Labute approximate surface area is 86.4 Å². The molecule has 1 amide bonds. The summed E-state index contributed by atoms with van der Waals surface area (Å²) in [5.74, 6) is 1.32. The van der Waals surface area contributed by atoms with E-state index in [1.807, 2.05) is 0 Å². The lowest BCUT2D eigenvalue weighted by molar-refractivity contribution is -0.126. The molecule has 1 saturated carbocycles. The van der Waals surface area contributed by atoms with E-state index in [1.165, 1.54) is 19.3 Å². The molecule has 1 aliphatic rings. The van der Waals surface area contributed by atoms with E-state index in [0.29, 0.717) is 13.1 Å². The fourth-order valence-electron chi connectivity index (χ4n) is 2.17. The zero-order valence-electron chi connectivity index (χ0n) is 9.09. The van der Waals surface area contributed by atoms with Crippen molar-refractivity contribution >= 4 is 5.91 Å². The molecule has 1 aliphatic carbocycles. The first kappa shape index (κ1) is 11.5. The first-order valence-corrected chi connectivity index (χ1v) is 5.75. The Morgan fingerprint density at radius 2 is 2.00 bits per heavy atom. The topological polar surface area (TPSA) is 55.1 Å². The second-order valence-electron chi connectivity index (χ2n) is 4.21. The number of carbonyl (C=O) groups is 1. The molecule has 0 bridgehead atoms. The third kappa shape index (κ3) is 3.29. The molecule has 1 rings (SSSR count). The highest BCUT2D eigenvalue weighted by atomic mass is 16.1. The lowest BCUT2D eigenvalue weighted by atomic mass is 9.80. The standard InChI is InChI=1S/C11H22N2O/c1-2-9-3-5-10(6-4-9)11(14)13-8-7-12/h9-10H,2-8,12H2,1H3,(H,13,14). The van der Waals surface area contributed by atoms with Crippen LogP contribution in [0.2, 0.25) is 0 Å². The Morgan fingerprint density at radius 3 is 2.50 bits per heavy atom. The SMILES string of the molecule is CCC1CCC(C(=O)NCCN)CC1. The Hall–Kier alpha value is -0.570. The maximum Gasteiger partial charge on any atom is 0.223 e. The van der Waals surface area contributed by atoms with E-state index >= 15 is 0 Å². The average molecular weight is 198 g/mol.